The van der Waals surface area contributed by atoms with Crippen molar-refractivity contribution in [2.75, 3.05) is 13.1 Å². The van der Waals surface area contributed by atoms with Crippen LogP contribution in [0.25, 0.3) is 5.70 Å². The van der Waals surface area contributed by atoms with Gasteiger partial charge in [-0.1, -0.05) is 23.7 Å². The van der Waals surface area contributed by atoms with Gasteiger partial charge in [0.05, 0.1) is 29.1 Å². The highest BCUT2D eigenvalue weighted by atomic mass is 35.5. The number of nitrogens with two attached hydrogens (primary N) is 2. The molecule has 0 radical (unpaired) electrons. The third kappa shape index (κ3) is 4.47. The second-order valence-electron chi connectivity index (χ2n) is 8.48. The minimum absolute atomic E-state index is 0.141. The molecule has 1 saturated carbocycles. The number of hydrogen-bond donors (Lipinski definition) is 3. The molecule has 0 unspecified atom stereocenters. The lowest BCUT2D eigenvalue weighted by molar-refractivity contribution is -0.114. The van der Waals surface area contributed by atoms with Crippen LogP contribution >= 0.6 is 11.6 Å². The molecule has 1 fully saturated rings. The van der Waals surface area contributed by atoms with Gasteiger partial charge in [-0.15, -0.1) is 0 Å². The summed E-state index contributed by atoms with van der Waals surface area (Å²) in [6.07, 6.45) is 1.72. The van der Waals surface area contributed by atoms with Gasteiger partial charge in [0, 0.05) is 17.1 Å². The quantitative estimate of drug-likeness (QED) is 0.672. The Morgan fingerprint density at radius 1 is 1.25 bits per heavy atom. The summed E-state index contributed by atoms with van der Waals surface area (Å²) in [7, 11) is 0. The lowest BCUT2D eigenvalue weighted by atomic mass is 9.99. The smallest absolute Gasteiger partial charge is 0.318 e. The van der Waals surface area contributed by atoms with Crippen LogP contribution in [0.5, 0.6) is 0 Å². The molecule has 7 nitrogen and oxygen atoms in total. The fourth-order valence-corrected chi connectivity index (χ4v) is 3.46. The zero-order chi connectivity index (χ0) is 20.7. The SMILES string of the molecule is CC(C)(C)NC(=O)N1CC(C(C(N)=O)=C(N)c2cccc(Cl)c2)=NC2(CC2)C1. The number of nitrogens with one attached hydrogen (secondary N) is 1. The number of rotatable bonds is 3. The minimum Gasteiger partial charge on any atom is -0.398 e. The summed E-state index contributed by atoms with van der Waals surface area (Å²) in [5.41, 5.74) is 12.6. The Bertz CT molecular complexity index is 881. The van der Waals surface area contributed by atoms with Crippen LogP contribution in [0.4, 0.5) is 4.79 Å². The molecule has 5 N–H and O–H groups in total. The first-order valence-electron chi connectivity index (χ1n) is 9.21. The predicted octanol–water partition coefficient (Wildman–Crippen LogP) is 2.29. The second kappa shape index (κ2) is 7.13. The molecule has 0 saturated heterocycles. The van der Waals surface area contributed by atoms with Gasteiger partial charge in [-0.2, -0.15) is 0 Å². The van der Waals surface area contributed by atoms with E-state index in [0.717, 1.165) is 12.8 Å². The molecule has 0 bridgehead atoms. The zero-order valence-electron chi connectivity index (χ0n) is 16.4. The van der Waals surface area contributed by atoms with Crippen molar-refractivity contribution in [1.29, 1.82) is 0 Å². The summed E-state index contributed by atoms with van der Waals surface area (Å²) >= 11 is 6.05. The number of aliphatic imine (C=N–C) groups is 1. The molecule has 3 amide bonds. The van der Waals surface area contributed by atoms with E-state index in [1.165, 1.54) is 0 Å². The van der Waals surface area contributed by atoms with Gasteiger partial charge in [0.25, 0.3) is 5.91 Å². The molecule has 28 heavy (non-hydrogen) atoms. The van der Waals surface area contributed by atoms with Crippen molar-refractivity contribution >= 4 is 34.9 Å². The number of halogens is 1. The summed E-state index contributed by atoms with van der Waals surface area (Å²) in [5, 5.41) is 3.46. The third-order valence-corrected chi connectivity index (χ3v) is 4.97. The summed E-state index contributed by atoms with van der Waals surface area (Å²) in [4.78, 5) is 31.5. The highest BCUT2D eigenvalue weighted by Crippen LogP contribution is 2.43. The molecule has 1 spiro atoms. The van der Waals surface area contributed by atoms with Gasteiger partial charge in [0.2, 0.25) is 0 Å². The van der Waals surface area contributed by atoms with Crippen LogP contribution in [-0.2, 0) is 4.79 Å². The topological polar surface area (TPSA) is 114 Å². The Morgan fingerprint density at radius 3 is 2.46 bits per heavy atom. The average Bonchev–Trinajstić information content (AvgIpc) is 3.31. The number of urea groups is 1. The lowest BCUT2D eigenvalue weighted by Gasteiger charge is -2.34. The van der Waals surface area contributed by atoms with E-state index in [2.05, 4.69) is 5.32 Å². The molecule has 150 valence electrons. The van der Waals surface area contributed by atoms with Gasteiger partial charge in [-0.25, -0.2) is 4.79 Å². The summed E-state index contributed by atoms with van der Waals surface area (Å²) in [6, 6.07) is 6.69. The van der Waals surface area contributed by atoms with Gasteiger partial charge >= 0.3 is 6.03 Å². The normalized spacial score (nSPS) is 19.0. The largest absolute Gasteiger partial charge is 0.398 e. The molecule has 3 rings (SSSR count). The Balaban J connectivity index is 1.99. The number of amides is 3. The maximum Gasteiger partial charge on any atom is 0.318 e. The Labute approximate surface area is 169 Å². The van der Waals surface area contributed by atoms with E-state index in [1.54, 1.807) is 29.2 Å². The first-order valence-corrected chi connectivity index (χ1v) is 9.59. The first-order chi connectivity index (χ1) is 13.0. The summed E-state index contributed by atoms with van der Waals surface area (Å²) in [5.74, 6) is -0.676. The highest BCUT2D eigenvalue weighted by Gasteiger charge is 2.48. The average molecular weight is 404 g/mol. The van der Waals surface area contributed by atoms with Gasteiger partial charge in [0.15, 0.2) is 0 Å². The molecular weight excluding hydrogens is 378 g/mol. The van der Waals surface area contributed by atoms with E-state index in [1.807, 2.05) is 20.8 Å². The van der Waals surface area contributed by atoms with Crippen LogP contribution < -0.4 is 16.8 Å². The van der Waals surface area contributed by atoms with Crippen LogP contribution in [0.3, 0.4) is 0 Å². The Hall–Kier alpha value is -2.54. The Kier molecular flexibility index (Phi) is 5.14. The monoisotopic (exact) mass is 403 g/mol. The van der Waals surface area contributed by atoms with Gasteiger partial charge < -0.3 is 21.7 Å². The third-order valence-electron chi connectivity index (χ3n) is 4.73. The summed E-state index contributed by atoms with van der Waals surface area (Å²) in [6.45, 7) is 6.44. The highest BCUT2D eigenvalue weighted by molar-refractivity contribution is 6.31. The number of benzene rings is 1. The van der Waals surface area contributed by atoms with E-state index in [9.17, 15) is 9.59 Å². The molecule has 0 aromatic heterocycles. The zero-order valence-corrected chi connectivity index (χ0v) is 17.1. The Morgan fingerprint density at radius 2 is 1.93 bits per heavy atom. The maximum atomic E-state index is 12.7. The van der Waals surface area contributed by atoms with Crippen LogP contribution in [0.1, 0.15) is 39.2 Å². The molecule has 0 atom stereocenters. The van der Waals surface area contributed by atoms with Gasteiger partial charge in [-0.05, 0) is 51.3 Å². The van der Waals surface area contributed by atoms with E-state index < -0.39 is 5.91 Å². The van der Waals surface area contributed by atoms with E-state index in [4.69, 9.17) is 28.1 Å². The lowest BCUT2D eigenvalue weighted by Crippen LogP contribution is -2.54. The second-order valence-corrected chi connectivity index (χ2v) is 8.92. The number of carbonyl (C=O) groups excluding carboxylic acids is 2. The molecule has 1 heterocycles. The van der Waals surface area contributed by atoms with Gasteiger partial charge in [-0.3, -0.25) is 9.79 Å². The molecule has 2 aliphatic rings. The van der Waals surface area contributed by atoms with Crippen molar-refractivity contribution in [2.45, 2.75) is 44.7 Å². The van der Waals surface area contributed by atoms with Crippen molar-refractivity contribution in [3.63, 3.8) is 0 Å². The molecule has 1 aromatic carbocycles. The van der Waals surface area contributed by atoms with Crippen LogP contribution in [0, 0.1) is 0 Å². The van der Waals surface area contributed by atoms with Crippen LogP contribution in [0.15, 0.2) is 34.8 Å². The minimum atomic E-state index is -0.676. The van der Waals surface area contributed by atoms with Gasteiger partial charge in [0.1, 0.15) is 0 Å². The van der Waals surface area contributed by atoms with Crippen molar-refractivity contribution in [3.05, 3.63) is 40.4 Å². The van der Waals surface area contributed by atoms with E-state index in [0.29, 0.717) is 22.8 Å². The molecule has 1 aromatic rings. The molecule has 1 aliphatic heterocycles. The number of primary amides is 1. The standard InChI is InChI=1S/C20H26ClN5O2/c1-19(2,3)25-18(28)26-10-14(24-20(11-26)7-8-20)15(17(23)27)16(22)12-5-4-6-13(21)9-12/h4-6,9H,7-8,10-11,22H2,1-3H3,(H2,23,27)(H,25,28). The van der Waals surface area contributed by atoms with Crippen LogP contribution in [0.2, 0.25) is 5.02 Å². The van der Waals surface area contributed by atoms with Crippen molar-refractivity contribution in [1.82, 2.24) is 10.2 Å². The first kappa shape index (κ1) is 20.2. The molecule has 8 heteroatoms. The number of hydrogen-bond acceptors (Lipinski definition) is 4. The van der Waals surface area contributed by atoms with E-state index in [-0.39, 0.29) is 34.9 Å². The van der Waals surface area contributed by atoms with E-state index >= 15 is 0 Å². The fourth-order valence-electron chi connectivity index (χ4n) is 3.27. The molecule has 1 aliphatic carbocycles. The van der Waals surface area contributed by atoms with Crippen LogP contribution in [-0.4, -0.2) is 46.7 Å². The fraction of sp³-hybridized carbons (Fsp3) is 0.450. The molecular formula is C20H26ClN5O2. The number of nitrogens with zero attached hydrogens (tertiary/aromatic N) is 2. The van der Waals surface area contributed by atoms with Crippen molar-refractivity contribution in [2.24, 2.45) is 16.5 Å². The number of carbonyl (C=O) groups is 2. The summed E-state index contributed by atoms with van der Waals surface area (Å²) < 4.78 is 0. The maximum absolute atomic E-state index is 12.7. The van der Waals surface area contributed by atoms with Crippen molar-refractivity contribution < 1.29 is 9.59 Å². The van der Waals surface area contributed by atoms with Crippen molar-refractivity contribution in [3.8, 4) is 0 Å². The predicted molar refractivity (Wildman–Crippen MR) is 111 cm³/mol.